The highest BCUT2D eigenvalue weighted by atomic mass is 16.5. The number of hydrogen-bond donors (Lipinski definition) is 1. The van der Waals surface area contributed by atoms with Crippen LogP contribution in [0.5, 0.6) is 11.5 Å². The molecule has 0 aliphatic heterocycles. The van der Waals surface area contributed by atoms with E-state index in [0.717, 1.165) is 5.56 Å². The number of nitrogens with one attached hydrogen (secondary N) is 1. The van der Waals surface area contributed by atoms with Gasteiger partial charge in [0.15, 0.2) is 11.5 Å². The molecule has 7 nitrogen and oxygen atoms in total. The summed E-state index contributed by atoms with van der Waals surface area (Å²) >= 11 is 0. The van der Waals surface area contributed by atoms with Crippen molar-refractivity contribution in [2.75, 3.05) is 27.9 Å². The molecular weight excluding hydrogens is 298 g/mol. The zero-order chi connectivity index (χ0) is 16.8. The molecule has 0 bridgehead atoms. The number of aryl methyl sites for hydroxylation is 1. The van der Waals surface area contributed by atoms with E-state index in [1.807, 2.05) is 29.9 Å². The summed E-state index contributed by atoms with van der Waals surface area (Å²) in [5.41, 5.74) is 0.835. The Morgan fingerprint density at radius 1 is 1.26 bits per heavy atom. The molecule has 0 radical (unpaired) electrons. The van der Waals surface area contributed by atoms with Crippen molar-refractivity contribution in [2.24, 2.45) is 7.05 Å². The Balaban J connectivity index is 2.41. The predicted molar refractivity (Wildman–Crippen MR) is 84.6 cm³/mol. The summed E-state index contributed by atoms with van der Waals surface area (Å²) in [5.74, 6) is 1.69. The summed E-state index contributed by atoms with van der Waals surface area (Å²) in [6.07, 6.45) is 3.51. The maximum Gasteiger partial charge on any atom is 0.246 e. The second kappa shape index (κ2) is 7.64. The Morgan fingerprint density at radius 3 is 2.57 bits per heavy atom. The van der Waals surface area contributed by atoms with Crippen LogP contribution in [0.4, 0.5) is 0 Å². The van der Waals surface area contributed by atoms with Crippen molar-refractivity contribution in [1.82, 2.24) is 14.9 Å². The molecule has 0 aliphatic carbocycles. The fourth-order valence-electron chi connectivity index (χ4n) is 2.32. The first kappa shape index (κ1) is 16.8. The minimum atomic E-state index is -0.419. The van der Waals surface area contributed by atoms with Gasteiger partial charge in [-0.15, -0.1) is 0 Å². The third-order valence-corrected chi connectivity index (χ3v) is 3.44. The van der Waals surface area contributed by atoms with Crippen molar-refractivity contribution in [3.05, 3.63) is 42.0 Å². The van der Waals surface area contributed by atoms with Crippen molar-refractivity contribution >= 4 is 5.91 Å². The Bertz CT molecular complexity index is 669. The molecule has 0 fully saturated rings. The number of aromatic nitrogens is 2. The molecule has 1 aromatic carbocycles. The van der Waals surface area contributed by atoms with Crippen molar-refractivity contribution in [2.45, 2.75) is 6.04 Å². The van der Waals surface area contributed by atoms with Gasteiger partial charge >= 0.3 is 0 Å². The SMILES string of the molecule is COCC(=O)NC(c1ccc(OC)c(OC)c1)c1nccn1C. The number of amides is 1. The molecule has 2 aromatic rings. The van der Waals surface area contributed by atoms with Crippen molar-refractivity contribution in [3.8, 4) is 11.5 Å². The maximum absolute atomic E-state index is 12.0. The smallest absolute Gasteiger partial charge is 0.246 e. The van der Waals surface area contributed by atoms with E-state index in [2.05, 4.69) is 10.3 Å². The summed E-state index contributed by atoms with van der Waals surface area (Å²) in [5, 5.41) is 2.92. The Morgan fingerprint density at radius 2 is 2.00 bits per heavy atom. The highest BCUT2D eigenvalue weighted by Crippen LogP contribution is 2.31. The number of methoxy groups -OCH3 is 3. The Kier molecular flexibility index (Phi) is 5.59. The third kappa shape index (κ3) is 3.81. The largest absolute Gasteiger partial charge is 0.493 e. The van der Waals surface area contributed by atoms with Crippen LogP contribution in [0, 0.1) is 0 Å². The average molecular weight is 319 g/mol. The standard InChI is InChI=1S/C16H21N3O4/c1-19-8-7-17-16(19)15(18-14(20)10-21-2)11-5-6-12(22-3)13(9-11)23-4/h5-9,15H,10H2,1-4H3,(H,18,20). The van der Waals surface area contributed by atoms with Crippen molar-refractivity contribution < 1.29 is 19.0 Å². The van der Waals surface area contributed by atoms with E-state index >= 15 is 0 Å². The van der Waals surface area contributed by atoms with E-state index in [4.69, 9.17) is 14.2 Å². The molecular formula is C16H21N3O4. The third-order valence-electron chi connectivity index (χ3n) is 3.44. The summed E-state index contributed by atoms with van der Waals surface area (Å²) in [6, 6.07) is 5.07. The van der Waals surface area contributed by atoms with Crippen LogP contribution in [0.1, 0.15) is 17.4 Å². The lowest BCUT2D eigenvalue weighted by atomic mass is 10.0. The molecule has 1 aromatic heterocycles. The first-order valence-corrected chi connectivity index (χ1v) is 7.08. The number of nitrogens with zero attached hydrogens (tertiary/aromatic N) is 2. The molecule has 7 heteroatoms. The summed E-state index contributed by atoms with van der Waals surface area (Å²) in [6.45, 7) is -0.0196. The number of carbonyl (C=O) groups excluding carboxylic acids is 1. The lowest BCUT2D eigenvalue weighted by molar-refractivity contribution is -0.125. The van der Waals surface area contributed by atoms with Gasteiger partial charge in [-0.25, -0.2) is 4.98 Å². The van der Waals surface area contributed by atoms with Crippen molar-refractivity contribution in [1.29, 1.82) is 0 Å². The number of carbonyl (C=O) groups is 1. The molecule has 1 amide bonds. The molecule has 0 spiro atoms. The van der Waals surface area contributed by atoms with E-state index in [-0.39, 0.29) is 12.5 Å². The molecule has 2 rings (SSSR count). The highest BCUT2D eigenvalue weighted by Gasteiger charge is 2.22. The van der Waals surface area contributed by atoms with Gasteiger partial charge < -0.3 is 24.1 Å². The molecule has 23 heavy (non-hydrogen) atoms. The predicted octanol–water partition coefficient (Wildman–Crippen LogP) is 1.29. The fourth-order valence-corrected chi connectivity index (χ4v) is 2.32. The topological polar surface area (TPSA) is 74.6 Å². The number of ether oxygens (including phenoxy) is 3. The zero-order valence-corrected chi connectivity index (χ0v) is 13.7. The molecule has 0 saturated carbocycles. The van der Waals surface area contributed by atoms with Gasteiger partial charge in [0.1, 0.15) is 18.5 Å². The Labute approximate surface area is 135 Å². The summed E-state index contributed by atoms with van der Waals surface area (Å²) in [4.78, 5) is 16.3. The molecule has 0 aliphatic rings. The zero-order valence-electron chi connectivity index (χ0n) is 13.7. The van der Waals surface area contributed by atoms with Gasteiger partial charge in [-0.2, -0.15) is 0 Å². The molecule has 0 saturated heterocycles. The van der Waals surface area contributed by atoms with E-state index in [1.165, 1.54) is 7.11 Å². The van der Waals surface area contributed by atoms with Gasteiger partial charge in [0.2, 0.25) is 5.91 Å². The number of benzene rings is 1. The quantitative estimate of drug-likeness (QED) is 0.832. The van der Waals surface area contributed by atoms with E-state index in [9.17, 15) is 4.79 Å². The van der Waals surface area contributed by atoms with Gasteiger partial charge in [0.05, 0.1) is 14.2 Å². The normalized spacial score (nSPS) is 11.8. The first-order chi connectivity index (χ1) is 11.1. The average Bonchev–Trinajstić information content (AvgIpc) is 2.98. The molecule has 1 atom stereocenters. The van der Waals surface area contributed by atoms with E-state index < -0.39 is 6.04 Å². The van der Waals surface area contributed by atoms with Crippen LogP contribution in [0.25, 0.3) is 0 Å². The van der Waals surface area contributed by atoms with Crippen LogP contribution in [0.2, 0.25) is 0 Å². The lowest BCUT2D eigenvalue weighted by Gasteiger charge is -2.20. The monoisotopic (exact) mass is 319 g/mol. The van der Waals surface area contributed by atoms with Gasteiger partial charge in [-0.1, -0.05) is 6.07 Å². The second-order valence-electron chi connectivity index (χ2n) is 4.94. The Hall–Kier alpha value is -2.54. The van der Waals surface area contributed by atoms with Gasteiger partial charge in [-0.3, -0.25) is 4.79 Å². The highest BCUT2D eigenvalue weighted by molar-refractivity contribution is 5.78. The number of hydrogen-bond acceptors (Lipinski definition) is 5. The molecule has 1 N–H and O–H groups in total. The summed E-state index contributed by atoms with van der Waals surface area (Å²) in [7, 11) is 6.50. The summed E-state index contributed by atoms with van der Waals surface area (Å²) < 4.78 is 17.3. The number of imidazole rings is 1. The van der Waals surface area contributed by atoms with Crippen LogP contribution >= 0.6 is 0 Å². The molecule has 1 heterocycles. The van der Waals surface area contributed by atoms with Crippen LogP contribution < -0.4 is 14.8 Å². The second-order valence-corrected chi connectivity index (χ2v) is 4.94. The van der Waals surface area contributed by atoms with Gasteiger partial charge in [-0.05, 0) is 17.7 Å². The van der Waals surface area contributed by atoms with E-state index in [1.54, 1.807) is 26.5 Å². The number of rotatable bonds is 7. The minimum Gasteiger partial charge on any atom is -0.493 e. The first-order valence-electron chi connectivity index (χ1n) is 7.08. The molecule has 124 valence electrons. The van der Waals surface area contributed by atoms with Crippen molar-refractivity contribution in [3.63, 3.8) is 0 Å². The fraction of sp³-hybridized carbons (Fsp3) is 0.375. The maximum atomic E-state index is 12.0. The van der Waals surface area contributed by atoms with Crippen LogP contribution in [-0.4, -0.2) is 43.4 Å². The van der Waals surface area contributed by atoms with Gasteiger partial charge in [0, 0.05) is 26.6 Å². The van der Waals surface area contributed by atoms with Crippen LogP contribution in [0.3, 0.4) is 0 Å². The minimum absolute atomic E-state index is 0.0196. The van der Waals surface area contributed by atoms with Crippen LogP contribution in [0.15, 0.2) is 30.6 Å². The lowest BCUT2D eigenvalue weighted by Crippen LogP contribution is -2.33. The molecule has 1 unspecified atom stereocenters. The van der Waals surface area contributed by atoms with E-state index in [0.29, 0.717) is 17.3 Å². The van der Waals surface area contributed by atoms with Crippen LogP contribution in [-0.2, 0) is 16.6 Å². The van der Waals surface area contributed by atoms with Gasteiger partial charge in [0.25, 0.3) is 0 Å².